The van der Waals surface area contributed by atoms with Crippen LogP contribution < -0.4 is 5.32 Å². The zero-order chi connectivity index (χ0) is 14.3. The van der Waals surface area contributed by atoms with Crippen molar-refractivity contribution >= 4 is 0 Å². The summed E-state index contributed by atoms with van der Waals surface area (Å²) >= 11 is 0. The van der Waals surface area contributed by atoms with Crippen LogP contribution in [0.1, 0.15) is 72.6 Å². The molecule has 1 rings (SSSR count). The van der Waals surface area contributed by atoms with Crippen molar-refractivity contribution in [1.82, 2.24) is 5.32 Å². The molecule has 4 unspecified atom stereocenters. The number of hydrogen-bond acceptors (Lipinski definition) is 2. The molecule has 0 aromatic heterocycles. The molecular weight excluding hydrogens is 234 g/mol. The Kier molecular flexibility index (Phi) is 7.38. The Hall–Kier alpha value is -0.0800. The molecule has 0 aromatic carbocycles. The number of nitrogens with one attached hydrogen (secondary N) is 1. The molecule has 0 spiro atoms. The fourth-order valence-corrected chi connectivity index (χ4v) is 3.68. The molecule has 0 bridgehead atoms. The van der Waals surface area contributed by atoms with Crippen LogP contribution in [0.4, 0.5) is 0 Å². The molecule has 0 aromatic rings. The molecule has 1 saturated carbocycles. The van der Waals surface area contributed by atoms with Gasteiger partial charge in [-0.05, 0) is 51.0 Å². The van der Waals surface area contributed by atoms with Crippen molar-refractivity contribution < 1.29 is 4.74 Å². The molecule has 0 amide bonds. The lowest BCUT2D eigenvalue weighted by Gasteiger charge is -2.44. The lowest BCUT2D eigenvalue weighted by atomic mass is 9.72. The number of ether oxygens (including phenoxy) is 1. The Balaban J connectivity index is 2.77. The van der Waals surface area contributed by atoms with Crippen molar-refractivity contribution in [3.05, 3.63) is 0 Å². The van der Waals surface area contributed by atoms with Crippen LogP contribution in [-0.4, -0.2) is 25.3 Å². The van der Waals surface area contributed by atoms with Crippen LogP contribution in [0.25, 0.3) is 0 Å². The Bertz CT molecular complexity index is 237. The van der Waals surface area contributed by atoms with Gasteiger partial charge in [0.05, 0.1) is 5.60 Å². The molecule has 19 heavy (non-hydrogen) atoms. The van der Waals surface area contributed by atoms with Gasteiger partial charge in [-0.1, -0.05) is 40.0 Å². The topological polar surface area (TPSA) is 21.3 Å². The van der Waals surface area contributed by atoms with E-state index in [4.69, 9.17) is 4.74 Å². The Morgan fingerprint density at radius 2 is 2.00 bits per heavy atom. The fraction of sp³-hybridized carbons (Fsp3) is 1.00. The molecule has 1 aliphatic carbocycles. The van der Waals surface area contributed by atoms with E-state index in [2.05, 4.69) is 33.0 Å². The lowest BCUT2D eigenvalue weighted by Crippen LogP contribution is -2.55. The van der Waals surface area contributed by atoms with Crippen LogP contribution in [0.15, 0.2) is 0 Å². The highest BCUT2D eigenvalue weighted by molar-refractivity contribution is 4.95. The van der Waals surface area contributed by atoms with Crippen molar-refractivity contribution in [3.8, 4) is 0 Å². The summed E-state index contributed by atoms with van der Waals surface area (Å²) in [5, 5.41) is 3.80. The Labute approximate surface area is 120 Å². The third kappa shape index (κ3) is 4.46. The summed E-state index contributed by atoms with van der Waals surface area (Å²) in [7, 11) is 1.88. The monoisotopic (exact) mass is 269 g/mol. The Morgan fingerprint density at radius 1 is 1.26 bits per heavy atom. The normalized spacial score (nSPS) is 28.9. The predicted molar refractivity (Wildman–Crippen MR) is 83.5 cm³/mol. The van der Waals surface area contributed by atoms with Crippen LogP contribution in [0.3, 0.4) is 0 Å². The zero-order valence-corrected chi connectivity index (χ0v) is 13.8. The van der Waals surface area contributed by atoms with Gasteiger partial charge in [0.15, 0.2) is 0 Å². The molecule has 1 fully saturated rings. The minimum Gasteiger partial charge on any atom is -0.377 e. The average molecular weight is 269 g/mol. The van der Waals surface area contributed by atoms with Crippen LogP contribution in [0.2, 0.25) is 0 Å². The quantitative estimate of drug-likeness (QED) is 0.706. The highest BCUT2D eigenvalue weighted by Gasteiger charge is 2.39. The third-order valence-corrected chi connectivity index (χ3v) is 5.31. The van der Waals surface area contributed by atoms with Crippen molar-refractivity contribution in [2.45, 2.75) is 84.3 Å². The van der Waals surface area contributed by atoms with Gasteiger partial charge in [0, 0.05) is 13.2 Å². The van der Waals surface area contributed by atoms with Crippen LogP contribution >= 0.6 is 0 Å². The van der Waals surface area contributed by atoms with Gasteiger partial charge >= 0.3 is 0 Å². The molecule has 4 atom stereocenters. The van der Waals surface area contributed by atoms with Crippen LogP contribution in [0, 0.1) is 11.8 Å². The first kappa shape index (κ1) is 17.0. The largest absolute Gasteiger partial charge is 0.377 e. The first-order valence-electron chi connectivity index (χ1n) is 8.39. The highest BCUT2D eigenvalue weighted by atomic mass is 16.5. The van der Waals surface area contributed by atoms with Gasteiger partial charge in [-0.15, -0.1) is 0 Å². The fourth-order valence-electron chi connectivity index (χ4n) is 3.68. The molecule has 114 valence electrons. The lowest BCUT2D eigenvalue weighted by molar-refractivity contribution is -0.0529. The number of rotatable bonds is 8. The summed E-state index contributed by atoms with van der Waals surface area (Å²) in [6, 6.07) is 0.511. The molecule has 0 saturated heterocycles. The molecule has 2 nitrogen and oxygen atoms in total. The van der Waals surface area contributed by atoms with E-state index in [1.54, 1.807) is 0 Å². The smallest absolute Gasteiger partial charge is 0.0803 e. The predicted octanol–water partition coefficient (Wildman–Crippen LogP) is 4.39. The van der Waals surface area contributed by atoms with Crippen LogP contribution in [-0.2, 0) is 4.74 Å². The summed E-state index contributed by atoms with van der Waals surface area (Å²) in [5.74, 6) is 1.72. The van der Waals surface area contributed by atoms with Gasteiger partial charge in [0.2, 0.25) is 0 Å². The van der Waals surface area contributed by atoms with E-state index in [-0.39, 0.29) is 5.60 Å². The van der Waals surface area contributed by atoms with Gasteiger partial charge in [-0.3, -0.25) is 0 Å². The Morgan fingerprint density at radius 3 is 2.53 bits per heavy atom. The first-order valence-corrected chi connectivity index (χ1v) is 8.39. The van der Waals surface area contributed by atoms with Gasteiger partial charge in [-0.2, -0.15) is 0 Å². The average Bonchev–Trinajstić information content (AvgIpc) is 2.47. The summed E-state index contributed by atoms with van der Waals surface area (Å²) < 4.78 is 5.91. The summed E-state index contributed by atoms with van der Waals surface area (Å²) in [4.78, 5) is 0. The van der Waals surface area contributed by atoms with Crippen molar-refractivity contribution in [2.24, 2.45) is 11.8 Å². The maximum Gasteiger partial charge on any atom is 0.0803 e. The van der Waals surface area contributed by atoms with E-state index < -0.39 is 0 Å². The molecule has 2 heteroatoms. The minimum absolute atomic E-state index is 0.0184. The van der Waals surface area contributed by atoms with E-state index in [0.717, 1.165) is 24.8 Å². The van der Waals surface area contributed by atoms with E-state index in [1.165, 1.54) is 38.5 Å². The molecule has 0 radical (unpaired) electrons. The highest BCUT2D eigenvalue weighted by Crippen LogP contribution is 2.37. The van der Waals surface area contributed by atoms with Gasteiger partial charge < -0.3 is 10.1 Å². The second-order valence-electron chi connectivity index (χ2n) is 6.50. The SMILES string of the molecule is CCCNC(C1CCCC(CC)C1)C(C)(CC)OC. The van der Waals surface area contributed by atoms with E-state index in [1.807, 2.05) is 7.11 Å². The number of hydrogen-bond donors (Lipinski definition) is 1. The molecule has 1 N–H and O–H groups in total. The van der Waals surface area contributed by atoms with Crippen molar-refractivity contribution in [2.75, 3.05) is 13.7 Å². The van der Waals surface area contributed by atoms with E-state index in [9.17, 15) is 0 Å². The van der Waals surface area contributed by atoms with Crippen molar-refractivity contribution in [3.63, 3.8) is 0 Å². The minimum atomic E-state index is -0.0184. The molecule has 0 aliphatic heterocycles. The maximum absolute atomic E-state index is 5.91. The second kappa shape index (κ2) is 8.26. The zero-order valence-electron chi connectivity index (χ0n) is 13.8. The van der Waals surface area contributed by atoms with Gasteiger partial charge in [-0.25, -0.2) is 0 Å². The van der Waals surface area contributed by atoms with E-state index in [0.29, 0.717) is 6.04 Å². The summed E-state index contributed by atoms with van der Waals surface area (Å²) in [6.45, 7) is 10.2. The number of methoxy groups -OCH3 is 1. The molecule has 0 heterocycles. The summed E-state index contributed by atoms with van der Waals surface area (Å²) in [6.07, 6.45) is 9.21. The van der Waals surface area contributed by atoms with E-state index >= 15 is 0 Å². The van der Waals surface area contributed by atoms with Crippen molar-refractivity contribution in [1.29, 1.82) is 0 Å². The standard InChI is InChI=1S/C17H35NO/c1-6-12-18-16(17(4,8-3)19-5)15-11-9-10-14(7-2)13-15/h14-16,18H,6-13H2,1-5H3. The third-order valence-electron chi connectivity index (χ3n) is 5.31. The molecule has 1 aliphatic rings. The van der Waals surface area contributed by atoms with Crippen LogP contribution in [0.5, 0.6) is 0 Å². The van der Waals surface area contributed by atoms with Gasteiger partial charge in [0.25, 0.3) is 0 Å². The maximum atomic E-state index is 5.91. The molecular formula is C17H35NO. The second-order valence-corrected chi connectivity index (χ2v) is 6.50. The van der Waals surface area contributed by atoms with Gasteiger partial charge in [0.1, 0.15) is 0 Å². The summed E-state index contributed by atoms with van der Waals surface area (Å²) in [5.41, 5.74) is -0.0184. The first-order chi connectivity index (χ1) is 9.11.